The van der Waals surface area contributed by atoms with Crippen LogP contribution in [-0.2, 0) is 30.4 Å². The number of hydrogen-bond donors (Lipinski definition) is 8. The summed E-state index contributed by atoms with van der Waals surface area (Å²) < 4.78 is 0. The maximum atomic E-state index is 13.6. The van der Waals surface area contributed by atoms with Gasteiger partial charge in [-0.05, 0) is 43.7 Å². The molecule has 0 bridgehead atoms. The first-order chi connectivity index (χ1) is 19.5. The first-order valence-corrected chi connectivity index (χ1v) is 13.3. The Balaban J connectivity index is 1.72. The number of aliphatic imine (C=N–C) groups is 1. The first kappa shape index (κ1) is 30.9. The molecule has 15 heteroatoms. The molecule has 0 radical (unpaired) electrons. The number of nitrogens with two attached hydrogens (primary N) is 4. The van der Waals surface area contributed by atoms with Crippen LogP contribution in [0, 0.1) is 0 Å². The summed E-state index contributed by atoms with van der Waals surface area (Å²) in [4.78, 5) is 70.8. The van der Waals surface area contributed by atoms with Gasteiger partial charge in [0, 0.05) is 30.2 Å². The van der Waals surface area contributed by atoms with E-state index in [2.05, 4.69) is 20.6 Å². The number of carboxylic acid groups (broad SMARTS) is 1. The summed E-state index contributed by atoms with van der Waals surface area (Å²) in [7, 11) is 0. The number of benzene rings is 1. The Bertz CT molecular complexity index is 1310. The fraction of sp³-hybridized carbons (Fsp3) is 0.462. The van der Waals surface area contributed by atoms with Crippen LogP contribution in [-0.4, -0.2) is 87.8 Å². The average Bonchev–Trinajstić information content (AvgIpc) is 3.57. The Morgan fingerprint density at radius 3 is 2.51 bits per heavy atom. The van der Waals surface area contributed by atoms with Crippen LogP contribution in [0.4, 0.5) is 0 Å². The third-order valence-corrected chi connectivity index (χ3v) is 6.87. The molecular weight excluding hydrogens is 534 g/mol. The van der Waals surface area contributed by atoms with Crippen molar-refractivity contribution < 1.29 is 29.1 Å². The van der Waals surface area contributed by atoms with Crippen molar-refractivity contribution in [3.63, 3.8) is 0 Å². The summed E-state index contributed by atoms with van der Waals surface area (Å²) in [6, 6.07) is 3.06. The summed E-state index contributed by atoms with van der Waals surface area (Å²) in [5.74, 6) is -4.25. The van der Waals surface area contributed by atoms with Crippen LogP contribution in [0.15, 0.2) is 35.5 Å². The highest BCUT2D eigenvalue weighted by atomic mass is 16.4. The normalized spacial score (nSPS) is 16.9. The highest BCUT2D eigenvalue weighted by Crippen LogP contribution is 2.21. The van der Waals surface area contributed by atoms with E-state index < -0.39 is 60.2 Å². The van der Waals surface area contributed by atoms with Crippen LogP contribution in [0.25, 0.3) is 10.9 Å². The Labute approximate surface area is 236 Å². The third-order valence-electron chi connectivity index (χ3n) is 6.87. The van der Waals surface area contributed by atoms with Gasteiger partial charge in [-0.2, -0.15) is 0 Å². The summed E-state index contributed by atoms with van der Waals surface area (Å²) in [6.45, 7) is 0.423. The predicted octanol–water partition coefficient (Wildman–Crippen LogP) is -1.99. The number of aliphatic carboxylic acids is 1. The van der Waals surface area contributed by atoms with Crippen LogP contribution < -0.4 is 33.6 Å². The molecule has 4 atom stereocenters. The lowest BCUT2D eigenvalue weighted by Gasteiger charge is -2.30. The largest absolute Gasteiger partial charge is 0.480 e. The van der Waals surface area contributed by atoms with Gasteiger partial charge in [0.2, 0.25) is 23.6 Å². The number of para-hydroxylation sites is 1. The molecule has 4 amide bonds. The number of aromatic nitrogens is 1. The second-order valence-corrected chi connectivity index (χ2v) is 9.94. The van der Waals surface area contributed by atoms with Crippen molar-refractivity contribution in [2.75, 3.05) is 13.1 Å². The Morgan fingerprint density at radius 1 is 1.10 bits per heavy atom. The minimum absolute atomic E-state index is 0.113. The molecule has 15 nitrogen and oxygen atoms in total. The highest BCUT2D eigenvalue weighted by molar-refractivity contribution is 5.95. The van der Waals surface area contributed by atoms with Crippen molar-refractivity contribution >= 4 is 46.5 Å². The first-order valence-electron chi connectivity index (χ1n) is 13.3. The molecule has 1 fully saturated rings. The molecule has 1 saturated heterocycles. The second-order valence-electron chi connectivity index (χ2n) is 9.94. The molecule has 12 N–H and O–H groups in total. The topological polar surface area (TPSA) is 265 Å². The maximum Gasteiger partial charge on any atom is 0.326 e. The van der Waals surface area contributed by atoms with E-state index in [1.54, 1.807) is 6.20 Å². The number of likely N-dealkylation sites (tertiary alicyclic amines) is 1. The number of aromatic amines is 1. The number of fused-ring (bicyclic) bond motifs is 1. The molecule has 4 unspecified atom stereocenters. The number of carbonyl (C=O) groups is 5. The summed E-state index contributed by atoms with van der Waals surface area (Å²) in [5.41, 5.74) is 23.8. The van der Waals surface area contributed by atoms with E-state index in [-0.39, 0.29) is 38.3 Å². The van der Waals surface area contributed by atoms with Crippen LogP contribution in [0.3, 0.4) is 0 Å². The fourth-order valence-corrected chi connectivity index (χ4v) is 4.84. The van der Waals surface area contributed by atoms with Crippen molar-refractivity contribution in [3.05, 3.63) is 36.0 Å². The number of H-pyrrole nitrogens is 1. The number of hydrogen-bond acceptors (Lipinski definition) is 7. The van der Waals surface area contributed by atoms with E-state index in [4.69, 9.17) is 22.9 Å². The highest BCUT2D eigenvalue weighted by Gasteiger charge is 2.39. The van der Waals surface area contributed by atoms with Crippen molar-refractivity contribution in [2.24, 2.45) is 27.9 Å². The van der Waals surface area contributed by atoms with Crippen LogP contribution in [0.1, 0.15) is 37.7 Å². The summed E-state index contributed by atoms with van der Waals surface area (Å²) >= 11 is 0. The van der Waals surface area contributed by atoms with E-state index in [9.17, 15) is 29.1 Å². The van der Waals surface area contributed by atoms with Crippen LogP contribution in [0.2, 0.25) is 0 Å². The van der Waals surface area contributed by atoms with Gasteiger partial charge in [-0.25, -0.2) is 4.79 Å². The number of nitrogens with one attached hydrogen (secondary N) is 3. The van der Waals surface area contributed by atoms with Gasteiger partial charge in [-0.1, -0.05) is 18.2 Å². The number of rotatable bonds is 14. The molecule has 3 rings (SSSR count). The molecule has 41 heavy (non-hydrogen) atoms. The fourth-order valence-electron chi connectivity index (χ4n) is 4.84. The number of primary amides is 1. The van der Waals surface area contributed by atoms with Gasteiger partial charge in [-0.15, -0.1) is 0 Å². The van der Waals surface area contributed by atoms with Crippen molar-refractivity contribution in [1.82, 2.24) is 20.5 Å². The molecule has 2 heterocycles. The average molecular weight is 572 g/mol. The van der Waals surface area contributed by atoms with E-state index in [0.29, 0.717) is 12.8 Å². The zero-order chi connectivity index (χ0) is 30.1. The molecule has 1 aliphatic heterocycles. The van der Waals surface area contributed by atoms with Gasteiger partial charge in [0.25, 0.3) is 0 Å². The lowest BCUT2D eigenvalue weighted by molar-refractivity contribution is -0.146. The number of nitrogens with zero attached hydrogens (tertiary/aromatic N) is 2. The Hall–Kier alpha value is -4.66. The van der Waals surface area contributed by atoms with Gasteiger partial charge in [0.05, 0.1) is 12.5 Å². The van der Waals surface area contributed by atoms with Gasteiger partial charge < -0.3 is 48.6 Å². The quantitative estimate of drug-likeness (QED) is 0.0707. The molecule has 0 saturated carbocycles. The third kappa shape index (κ3) is 8.41. The number of amides is 4. The van der Waals surface area contributed by atoms with Gasteiger partial charge >= 0.3 is 5.97 Å². The van der Waals surface area contributed by atoms with Crippen molar-refractivity contribution in [3.8, 4) is 0 Å². The van der Waals surface area contributed by atoms with E-state index in [0.717, 1.165) is 16.5 Å². The SMILES string of the molecule is NC(=O)CC(NC(=O)C1CCCN1C(=O)C(CCCN=C(N)N)NC(=O)C(N)Cc1c[nH]c2ccccc12)C(=O)O. The molecule has 1 aliphatic rings. The predicted molar refractivity (Wildman–Crippen MR) is 150 cm³/mol. The minimum atomic E-state index is -1.53. The Morgan fingerprint density at radius 2 is 1.83 bits per heavy atom. The van der Waals surface area contributed by atoms with Crippen LogP contribution >= 0.6 is 0 Å². The lowest BCUT2D eigenvalue weighted by Crippen LogP contribution is -2.57. The van der Waals surface area contributed by atoms with Gasteiger partial charge in [-0.3, -0.25) is 24.2 Å². The van der Waals surface area contributed by atoms with Crippen molar-refractivity contribution in [1.29, 1.82) is 0 Å². The van der Waals surface area contributed by atoms with Gasteiger partial charge in [0.1, 0.15) is 18.1 Å². The molecular formula is C26H37N9O6. The molecule has 1 aromatic carbocycles. The van der Waals surface area contributed by atoms with Gasteiger partial charge in [0.15, 0.2) is 5.96 Å². The molecule has 2 aromatic rings. The van der Waals surface area contributed by atoms with Crippen LogP contribution in [0.5, 0.6) is 0 Å². The van der Waals surface area contributed by atoms with E-state index in [1.807, 2.05) is 24.3 Å². The number of carboxylic acids is 1. The lowest BCUT2D eigenvalue weighted by atomic mass is 10.0. The smallest absolute Gasteiger partial charge is 0.326 e. The minimum Gasteiger partial charge on any atom is -0.480 e. The zero-order valence-electron chi connectivity index (χ0n) is 22.5. The molecule has 222 valence electrons. The Kier molecular flexibility index (Phi) is 10.6. The summed E-state index contributed by atoms with van der Waals surface area (Å²) in [5, 5.41) is 15.3. The number of guanidine groups is 1. The van der Waals surface area contributed by atoms with E-state index in [1.165, 1.54) is 4.90 Å². The zero-order valence-corrected chi connectivity index (χ0v) is 22.5. The second kappa shape index (κ2) is 14.1. The summed E-state index contributed by atoms with van der Waals surface area (Å²) in [6.07, 6.45) is 2.66. The maximum absolute atomic E-state index is 13.6. The standard InChI is InChI=1S/C26H37N9O6/c27-16(11-14-13-32-17-6-2-1-5-15(14)17)22(37)33-18(7-3-9-31-26(29)30)24(39)35-10-4-8-20(35)23(38)34-19(25(40)41)12-21(28)36/h1-2,5-6,13,16,18-20,32H,3-4,7-12,27H2,(H2,28,36)(H,33,37)(H,34,38)(H,40,41)(H4,29,30,31). The number of carbonyl (C=O) groups excluding carboxylic acids is 4. The molecule has 0 aliphatic carbocycles. The molecule has 0 spiro atoms. The monoisotopic (exact) mass is 571 g/mol. The van der Waals surface area contributed by atoms with E-state index >= 15 is 0 Å². The van der Waals surface area contributed by atoms with Crippen molar-refractivity contribution in [2.45, 2.75) is 62.7 Å². The molecule has 1 aromatic heterocycles.